The van der Waals surface area contributed by atoms with Crippen molar-refractivity contribution < 1.29 is 0 Å². The molecular formula is C39H48. The van der Waals surface area contributed by atoms with Gasteiger partial charge in [0.1, 0.15) is 0 Å². The number of rotatable bonds is 5. The quantitative estimate of drug-likeness (QED) is 0.371. The van der Waals surface area contributed by atoms with Gasteiger partial charge in [-0.3, -0.25) is 0 Å². The van der Waals surface area contributed by atoms with Crippen molar-refractivity contribution in [2.24, 2.45) is 16.2 Å². The Bertz CT molecular complexity index is 1490. The van der Waals surface area contributed by atoms with Crippen molar-refractivity contribution in [3.63, 3.8) is 0 Å². The van der Waals surface area contributed by atoms with Gasteiger partial charge in [0, 0.05) is 5.41 Å². The smallest absolute Gasteiger partial charge is 0.0194 e. The van der Waals surface area contributed by atoms with E-state index < -0.39 is 0 Å². The zero-order chi connectivity index (χ0) is 28.5. The first kappa shape index (κ1) is 27.7. The number of fused-ring (bicyclic) bond motifs is 3. The minimum atomic E-state index is -0.105. The normalized spacial score (nSPS) is 28.3. The predicted octanol–water partition coefficient (Wildman–Crippen LogP) is 10.5. The van der Waals surface area contributed by atoms with E-state index in [0.29, 0.717) is 0 Å². The van der Waals surface area contributed by atoms with Gasteiger partial charge in [-0.25, -0.2) is 0 Å². The highest BCUT2D eigenvalue weighted by Gasteiger charge is 2.59. The van der Waals surface area contributed by atoms with E-state index in [1.54, 1.807) is 5.56 Å². The van der Waals surface area contributed by atoms with Gasteiger partial charge in [-0.1, -0.05) is 101 Å². The fourth-order valence-corrected chi connectivity index (χ4v) is 9.12. The second kappa shape index (κ2) is 9.36. The van der Waals surface area contributed by atoms with Crippen LogP contribution in [0.15, 0.2) is 89.6 Å². The van der Waals surface area contributed by atoms with Crippen LogP contribution in [0, 0.1) is 23.2 Å². The largest absolute Gasteiger partial charge is 0.0955 e. The number of aryl methyl sites for hydroxylation is 4. The van der Waals surface area contributed by atoms with Gasteiger partial charge >= 0.3 is 0 Å². The summed E-state index contributed by atoms with van der Waals surface area (Å²) in [4.78, 5) is 0. The molecule has 0 fully saturated rings. The molecule has 0 bridgehead atoms. The van der Waals surface area contributed by atoms with Crippen LogP contribution in [0.25, 0.3) is 5.57 Å². The monoisotopic (exact) mass is 516 g/mol. The molecule has 0 unspecified atom stereocenters. The van der Waals surface area contributed by atoms with E-state index in [2.05, 4.69) is 98.4 Å². The third-order valence-electron chi connectivity index (χ3n) is 11.0. The summed E-state index contributed by atoms with van der Waals surface area (Å²) in [5.41, 5.74) is 18.1. The molecule has 39 heavy (non-hydrogen) atoms. The van der Waals surface area contributed by atoms with Crippen LogP contribution in [0.3, 0.4) is 0 Å². The maximum atomic E-state index is 4.85. The molecule has 3 aliphatic carbocycles. The zero-order valence-electron chi connectivity index (χ0n) is 25.8. The molecule has 0 nitrogen and oxygen atoms in total. The standard InChI is InChI=1S/C39H48/c1-12-30-14-13-15-31(20-30)17-19-32-18-16-25(4)35-27(6)36-29(8)39(11)28(7)34(24(2)3)26(5)21-38(39,10)23-37(36,9)22-33(32)35/h13-16,18,20H,2,6-7,12,17,19,21-23H2,1,3-5,8-11H3/t37-,38+,39-/m1/s1. The number of allylic oxidation sites excluding steroid dienone is 7. The molecule has 0 heterocycles. The highest BCUT2D eigenvalue weighted by molar-refractivity contribution is 5.87. The molecule has 0 saturated heterocycles. The van der Waals surface area contributed by atoms with Crippen LogP contribution in [0.2, 0.25) is 0 Å². The van der Waals surface area contributed by atoms with Gasteiger partial charge in [0.05, 0.1) is 0 Å². The highest BCUT2D eigenvalue weighted by atomic mass is 14.6. The fourth-order valence-electron chi connectivity index (χ4n) is 9.12. The van der Waals surface area contributed by atoms with E-state index in [4.69, 9.17) is 13.2 Å². The van der Waals surface area contributed by atoms with Crippen molar-refractivity contribution in [1.29, 1.82) is 0 Å². The van der Waals surface area contributed by atoms with Gasteiger partial charge in [-0.15, -0.1) is 0 Å². The second-order valence-electron chi connectivity index (χ2n) is 13.7. The van der Waals surface area contributed by atoms with Gasteiger partial charge in [0.2, 0.25) is 0 Å². The minimum absolute atomic E-state index is 0.0639. The Kier molecular flexibility index (Phi) is 6.65. The molecule has 0 saturated carbocycles. The summed E-state index contributed by atoms with van der Waals surface area (Å²) in [6, 6.07) is 13.9. The van der Waals surface area contributed by atoms with E-state index in [1.807, 2.05) is 0 Å². The molecule has 0 spiro atoms. The van der Waals surface area contributed by atoms with Crippen LogP contribution in [-0.4, -0.2) is 0 Å². The highest BCUT2D eigenvalue weighted by Crippen LogP contribution is 2.70. The van der Waals surface area contributed by atoms with E-state index in [-0.39, 0.29) is 16.2 Å². The summed E-state index contributed by atoms with van der Waals surface area (Å²) < 4.78 is 0. The molecule has 2 aromatic carbocycles. The van der Waals surface area contributed by atoms with E-state index in [1.165, 1.54) is 61.3 Å². The van der Waals surface area contributed by atoms with Gasteiger partial charge in [-0.2, -0.15) is 0 Å². The topological polar surface area (TPSA) is 0 Å². The number of benzene rings is 2. The number of hydrogen-bond donors (Lipinski definition) is 0. The van der Waals surface area contributed by atoms with Crippen molar-refractivity contribution in [2.45, 2.75) is 93.9 Å². The van der Waals surface area contributed by atoms with Crippen LogP contribution in [0.5, 0.6) is 0 Å². The Balaban J connectivity index is 1.62. The fraction of sp³-hybridized carbons (Fsp3) is 0.436. The molecule has 3 atom stereocenters. The van der Waals surface area contributed by atoms with Crippen LogP contribution >= 0.6 is 0 Å². The van der Waals surface area contributed by atoms with Gasteiger partial charge in [0.25, 0.3) is 0 Å². The first-order chi connectivity index (χ1) is 18.3. The van der Waals surface area contributed by atoms with Crippen LogP contribution in [0.1, 0.15) is 94.7 Å². The third kappa shape index (κ3) is 4.01. The summed E-state index contributed by atoms with van der Waals surface area (Å²) >= 11 is 0. The summed E-state index contributed by atoms with van der Waals surface area (Å²) in [5, 5.41) is 0. The SMILES string of the molecule is C=C(C)C1=C(C)C[C@@]2(C)C[C@@]3(C)Cc4c(CCc5cccc(CC)c5)ccc(C)c4C(=C)C3=C(C)[C@@]2(C)C1=C. The van der Waals surface area contributed by atoms with Gasteiger partial charge < -0.3 is 0 Å². The lowest BCUT2D eigenvalue weighted by Gasteiger charge is -2.62. The van der Waals surface area contributed by atoms with Crippen molar-refractivity contribution in [3.8, 4) is 0 Å². The average Bonchev–Trinajstić information content (AvgIpc) is 2.85. The van der Waals surface area contributed by atoms with Crippen LogP contribution < -0.4 is 0 Å². The lowest BCUT2D eigenvalue weighted by atomic mass is 9.41. The lowest BCUT2D eigenvalue weighted by Crippen LogP contribution is -2.52. The van der Waals surface area contributed by atoms with Gasteiger partial charge in [0.15, 0.2) is 0 Å². The summed E-state index contributed by atoms with van der Waals surface area (Å²) in [5.74, 6) is 0. The van der Waals surface area contributed by atoms with E-state index >= 15 is 0 Å². The molecule has 0 aromatic heterocycles. The third-order valence-corrected chi connectivity index (χ3v) is 11.0. The molecule has 0 N–H and O–H groups in total. The Morgan fingerprint density at radius 3 is 2.28 bits per heavy atom. The molecule has 0 amide bonds. The van der Waals surface area contributed by atoms with Crippen molar-refractivity contribution in [3.05, 3.63) is 123 Å². The second-order valence-corrected chi connectivity index (χ2v) is 13.7. The van der Waals surface area contributed by atoms with Crippen molar-refractivity contribution >= 4 is 5.57 Å². The van der Waals surface area contributed by atoms with Crippen LogP contribution in [-0.2, 0) is 25.7 Å². The number of hydrogen-bond acceptors (Lipinski definition) is 0. The summed E-state index contributed by atoms with van der Waals surface area (Å²) in [7, 11) is 0. The molecule has 3 aliphatic rings. The summed E-state index contributed by atoms with van der Waals surface area (Å²) in [6.07, 6.45) is 6.58. The van der Waals surface area contributed by atoms with E-state index in [0.717, 1.165) is 44.1 Å². The molecule has 0 heteroatoms. The maximum Gasteiger partial charge on any atom is 0.0194 e. The molecule has 204 valence electrons. The Morgan fingerprint density at radius 2 is 1.62 bits per heavy atom. The first-order valence-corrected chi connectivity index (χ1v) is 14.9. The first-order valence-electron chi connectivity index (χ1n) is 14.9. The Hall–Kier alpha value is -2.86. The van der Waals surface area contributed by atoms with Crippen molar-refractivity contribution in [2.75, 3.05) is 0 Å². The summed E-state index contributed by atoms with van der Waals surface area (Å²) in [6.45, 7) is 32.8. The molecule has 2 aromatic rings. The minimum Gasteiger partial charge on any atom is -0.0955 e. The van der Waals surface area contributed by atoms with Crippen molar-refractivity contribution in [1.82, 2.24) is 0 Å². The predicted molar refractivity (Wildman–Crippen MR) is 170 cm³/mol. The molecule has 0 aliphatic heterocycles. The molecule has 5 rings (SSSR count). The Morgan fingerprint density at radius 1 is 0.923 bits per heavy atom. The maximum absolute atomic E-state index is 4.85. The van der Waals surface area contributed by atoms with E-state index in [9.17, 15) is 0 Å². The lowest BCUT2D eigenvalue weighted by molar-refractivity contribution is 0.0543. The Labute approximate surface area is 238 Å². The zero-order valence-corrected chi connectivity index (χ0v) is 25.8. The van der Waals surface area contributed by atoms with Gasteiger partial charge in [-0.05, 0) is 133 Å². The average molecular weight is 517 g/mol. The molecular weight excluding hydrogens is 468 g/mol. The van der Waals surface area contributed by atoms with Crippen LogP contribution in [0.4, 0.5) is 0 Å². The molecule has 0 radical (unpaired) electrons.